The highest BCUT2D eigenvalue weighted by atomic mass is 16.5. The standard InChI is InChI=1S/C16H16N4O2/c1-2-22-14-11(4-3-7-19-14)16(18)12-8-10(9-17)5-6-13(12)20-15(16)21/h3-7,12H,2,8,18H2,1H3,(H,20,21). The maximum Gasteiger partial charge on any atom is 0.249 e. The van der Waals surface area contributed by atoms with Crippen LogP contribution in [0.4, 0.5) is 0 Å². The molecular weight excluding hydrogens is 280 g/mol. The van der Waals surface area contributed by atoms with Crippen molar-refractivity contribution in [3.05, 3.63) is 47.3 Å². The molecule has 2 aliphatic rings. The molecule has 2 heterocycles. The van der Waals surface area contributed by atoms with Crippen LogP contribution in [-0.4, -0.2) is 17.5 Å². The summed E-state index contributed by atoms with van der Waals surface area (Å²) in [5.41, 5.74) is 7.10. The van der Waals surface area contributed by atoms with Crippen molar-refractivity contribution in [2.24, 2.45) is 11.7 Å². The Balaban J connectivity index is 2.09. The Kier molecular flexibility index (Phi) is 3.43. The number of nitriles is 1. The second kappa shape index (κ2) is 5.28. The normalized spacial score (nSPS) is 26.4. The number of ether oxygens (including phenoxy) is 1. The lowest BCUT2D eigenvalue weighted by Crippen LogP contribution is -2.48. The number of amides is 1. The molecule has 22 heavy (non-hydrogen) atoms. The molecule has 6 heteroatoms. The molecule has 0 saturated carbocycles. The van der Waals surface area contributed by atoms with Crippen LogP contribution in [0.2, 0.25) is 0 Å². The van der Waals surface area contributed by atoms with Crippen molar-refractivity contribution < 1.29 is 9.53 Å². The molecule has 1 aromatic rings. The second-order valence-electron chi connectivity index (χ2n) is 5.29. The summed E-state index contributed by atoms with van der Waals surface area (Å²) in [5, 5.41) is 11.9. The van der Waals surface area contributed by atoms with E-state index < -0.39 is 5.54 Å². The Morgan fingerprint density at radius 2 is 2.41 bits per heavy atom. The van der Waals surface area contributed by atoms with Gasteiger partial charge in [0.1, 0.15) is 5.54 Å². The Labute approximate surface area is 128 Å². The molecule has 0 aromatic carbocycles. The zero-order chi connectivity index (χ0) is 15.7. The maximum atomic E-state index is 12.5. The third-order valence-electron chi connectivity index (χ3n) is 4.09. The number of nitrogens with two attached hydrogens (primary N) is 1. The van der Waals surface area contributed by atoms with Gasteiger partial charge in [-0.1, -0.05) is 0 Å². The summed E-state index contributed by atoms with van der Waals surface area (Å²) in [7, 11) is 0. The molecule has 1 aromatic heterocycles. The van der Waals surface area contributed by atoms with Gasteiger partial charge in [0.2, 0.25) is 11.8 Å². The van der Waals surface area contributed by atoms with Crippen LogP contribution in [0.25, 0.3) is 0 Å². The molecule has 0 bridgehead atoms. The zero-order valence-electron chi connectivity index (χ0n) is 12.2. The third kappa shape index (κ3) is 1.98. The molecule has 1 fully saturated rings. The number of hydrogen-bond acceptors (Lipinski definition) is 5. The number of nitrogens with zero attached hydrogens (tertiary/aromatic N) is 2. The van der Waals surface area contributed by atoms with E-state index in [9.17, 15) is 4.79 Å². The van der Waals surface area contributed by atoms with Gasteiger partial charge < -0.3 is 15.8 Å². The van der Waals surface area contributed by atoms with Crippen molar-refractivity contribution in [2.45, 2.75) is 18.9 Å². The Hall–Kier alpha value is -2.65. The van der Waals surface area contributed by atoms with Crippen LogP contribution in [-0.2, 0) is 10.3 Å². The lowest BCUT2D eigenvalue weighted by atomic mass is 9.75. The predicted octanol–water partition coefficient (Wildman–Crippen LogP) is 1.12. The molecule has 6 nitrogen and oxygen atoms in total. The van der Waals surface area contributed by atoms with E-state index in [0.717, 1.165) is 5.70 Å². The van der Waals surface area contributed by atoms with Gasteiger partial charge >= 0.3 is 0 Å². The fourth-order valence-electron chi connectivity index (χ4n) is 2.98. The Morgan fingerprint density at radius 3 is 3.14 bits per heavy atom. The summed E-state index contributed by atoms with van der Waals surface area (Å²) in [5.74, 6) is -0.259. The highest BCUT2D eigenvalue weighted by Crippen LogP contribution is 2.44. The van der Waals surface area contributed by atoms with Crippen LogP contribution in [0.3, 0.4) is 0 Å². The average Bonchev–Trinajstić information content (AvgIpc) is 2.80. The lowest BCUT2D eigenvalue weighted by molar-refractivity contribution is -0.124. The van der Waals surface area contributed by atoms with Crippen LogP contribution >= 0.6 is 0 Å². The van der Waals surface area contributed by atoms with Crippen molar-refractivity contribution >= 4 is 5.91 Å². The summed E-state index contributed by atoms with van der Waals surface area (Å²) in [6.07, 6.45) is 5.47. The van der Waals surface area contributed by atoms with Crippen LogP contribution in [0.15, 0.2) is 41.8 Å². The number of carbonyl (C=O) groups is 1. The van der Waals surface area contributed by atoms with Crippen molar-refractivity contribution in [3.63, 3.8) is 0 Å². The second-order valence-corrected chi connectivity index (χ2v) is 5.29. The van der Waals surface area contributed by atoms with Gasteiger partial charge in [-0.05, 0) is 37.6 Å². The molecule has 2 unspecified atom stereocenters. The minimum Gasteiger partial charge on any atom is -0.478 e. The summed E-state index contributed by atoms with van der Waals surface area (Å²) >= 11 is 0. The first kappa shape index (κ1) is 14.3. The minimum atomic E-state index is -1.29. The lowest BCUT2D eigenvalue weighted by Gasteiger charge is -2.30. The summed E-state index contributed by atoms with van der Waals surface area (Å²) in [6, 6.07) is 5.62. The Morgan fingerprint density at radius 1 is 1.59 bits per heavy atom. The number of allylic oxidation sites excluding steroid dienone is 3. The van der Waals surface area contributed by atoms with Crippen molar-refractivity contribution in [1.82, 2.24) is 10.3 Å². The number of hydrogen-bond donors (Lipinski definition) is 2. The fourth-order valence-corrected chi connectivity index (χ4v) is 2.98. The molecule has 1 aliphatic heterocycles. The van der Waals surface area contributed by atoms with Gasteiger partial charge in [0.15, 0.2) is 0 Å². The first-order valence-corrected chi connectivity index (χ1v) is 7.10. The van der Waals surface area contributed by atoms with Gasteiger partial charge in [0.25, 0.3) is 0 Å². The number of nitrogens with one attached hydrogen (secondary N) is 1. The van der Waals surface area contributed by atoms with Gasteiger partial charge in [0, 0.05) is 28.9 Å². The molecule has 1 aliphatic carbocycles. The van der Waals surface area contributed by atoms with Gasteiger partial charge in [-0.15, -0.1) is 0 Å². The van der Waals surface area contributed by atoms with Gasteiger partial charge in [-0.3, -0.25) is 4.79 Å². The van der Waals surface area contributed by atoms with Gasteiger partial charge in [-0.2, -0.15) is 5.26 Å². The summed E-state index contributed by atoms with van der Waals surface area (Å²) in [6.45, 7) is 2.28. The van der Waals surface area contributed by atoms with E-state index in [2.05, 4.69) is 16.4 Å². The molecule has 3 N–H and O–H groups in total. The molecular formula is C16H16N4O2. The van der Waals surface area contributed by atoms with E-state index >= 15 is 0 Å². The van der Waals surface area contributed by atoms with Crippen molar-refractivity contribution in [3.8, 4) is 11.9 Å². The summed E-state index contributed by atoms with van der Waals surface area (Å²) in [4.78, 5) is 16.7. The Bertz CT molecular complexity index is 732. The van der Waals surface area contributed by atoms with E-state index in [1.165, 1.54) is 0 Å². The van der Waals surface area contributed by atoms with E-state index in [-0.39, 0.29) is 11.8 Å². The predicted molar refractivity (Wildman–Crippen MR) is 79.3 cm³/mol. The van der Waals surface area contributed by atoms with Gasteiger partial charge in [-0.25, -0.2) is 4.98 Å². The summed E-state index contributed by atoms with van der Waals surface area (Å²) < 4.78 is 5.53. The molecule has 1 amide bonds. The first-order chi connectivity index (χ1) is 10.6. The van der Waals surface area contributed by atoms with Crippen LogP contribution in [0.5, 0.6) is 5.88 Å². The van der Waals surface area contributed by atoms with E-state index in [0.29, 0.717) is 30.0 Å². The van der Waals surface area contributed by atoms with Crippen LogP contribution in [0.1, 0.15) is 18.9 Å². The SMILES string of the molecule is CCOc1ncccc1C1(N)C(=O)NC2=CC=C(C#N)CC21. The molecule has 0 spiro atoms. The maximum absolute atomic E-state index is 12.5. The number of fused-ring (bicyclic) bond motifs is 1. The molecule has 0 radical (unpaired) electrons. The van der Waals surface area contributed by atoms with Crippen molar-refractivity contribution in [1.29, 1.82) is 5.26 Å². The highest BCUT2D eigenvalue weighted by Gasteiger charge is 2.53. The van der Waals surface area contributed by atoms with Crippen molar-refractivity contribution in [2.75, 3.05) is 6.61 Å². The topological polar surface area (TPSA) is 101 Å². The number of aromatic nitrogens is 1. The molecule has 1 saturated heterocycles. The highest BCUT2D eigenvalue weighted by molar-refractivity contribution is 5.94. The monoisotopic (exact) mass is 296 g/mol. The fraction of sp³-hybridized carbons (Fsp3) is 0.312. The first-order valence-electron chi connectivity index (χ1n) is 7.10. The quantitative estimate of drug-likeness (QED) is 0.870. The minimum absolute atomic E-state index is 0.301. The number of rotatable bonds is 3. The van der Waals surface area contributed by atoms with Crippen LogP contribution in [0, 0.1) is 17.2 Å². The van der Waals surface area contributed by atoms with E-state index in [1.54, 1.807) is 30.5 Å². The number of pyridine rings is 1. The van der Waals surface area contributed by atoms with E-state index in [4.69, 9.17) is 15.7 Å². The molecule has 112 valence electrons. The van der Waals surface area contributed by atoms with Gasteiger partial charge in [0.05, 0.1) is 12.7 Å². The zero-order valence-corrected chi connectivity index (χ0v) is 12.2. The molecule has 3 rings (SSSR count). The smallest absolute Gasteiger partial charge is 0.249 e. The molecule has 2 atom stereocenters. The number of carbonyl (C=O) groups excluding carboxylic acids is 1. The third-order valence-corrected chi connectivity index (χ3v) is 4.09. The van der Waals surface area contributed by atoms with Crippen LogP contribution < -0.4 is 15.8 Å². The van der Waals surface area contributed by atoms with E-state index in [1.807, 2.05) is 6.92 Å². The largest absolute Gasteiger partial charge is 0.478 e. The average molecular weight is 296 g/mol.